The fourth-order valence-corrected chi connectivity index (χ4v) is 6.59. The first-order valence-corrected chi connectivity index (χ1v) is 15.3. The third kappa shape index (κ3) is 8.80. The van der Waals surface area contributed by atoms with Gasteiger partial charge in [0, 0.05) is 12.8 Å². The number of aliphatic carboxylic acids is 1. The van der Waals surface area contributed by atoms with Gasteiger partial charge in [-0.1, -0.05) is 0 Å². The molecular formula is C30H37F6N5O5. The van der Waals surface area contributed by atoms with Gasteiger partial charge in [0.05, 0.1) is 23.6 Å². The number of esters is 1. The smallest absolute Gasteiger partial charge is 0.391 e. The minimum Gasteiger partial charge on any atom is -0.481 e. The molecule has 3 heterocycles. The van der Waals surface area contributed by atoms with Gasteiger partial charge in [-0.15, -0.1) is 0 Å². The molecule has 1 aliphatic heterocycles. The van der Waals surface area contributed by atoms with E-state index < -0.39 is 47.8 Å². The van der Waals surface area contributed by atoms with Crippen molar-refractivity contribution >= 4 is 23.3 Å². The Hall–Kier alpha value is -3.61. The summed E-state index contributed by atoms with van der Waals surface area (Å²) >= 11 is 0. The van der Waals surface area contributed by atoms with Crippen LogP contribution >= 0.6 is 0 Å². The first kappa shape index (κ1) is 35.2. The molecule has 2 aliphatic carbocycles. The molecule has 16 heteroatoms. The molecule has 2 atom stereocenters. The molecule has 2 aromatic rings. The first-order chi connectivity index (χ1) is 21.6. The predicted octanol–water partition coefficient (Wildman–Crippen LogP) is 6.34. The van der Waals surface area contributed by atoms with Gasteiger partial charge in [-0.05, 0) is 88.2 Å². The standard InChI is InChI=1S/C21H24F3N5O3.C9H13F3O2/c22-21(23,24)14-3-1-13(2-4-14)9-18(30)31-10-15-7-8-20(11-25,32-15)17-6-5-16-19(26)27-12-28-29(16)17;10-9(11,12)7-3-1-6(2-4-7)5-8(13)14/h5-6,12-15H,1-4,7-10H2,(H2,26,27,28);6-7H,1-5H2,(H,13,14). The number of nitrogen functional groups attached to an aromatic ring is 1. The lowest BCUT2D eigenvalue weighted by atomic mass is 9.80. The highest BCUT2D eigenvalue weighted by Crippen LogP contribution is 2.42. The van der Waals surface area contributed by atoms with Crippen LogP contribution in [0.25, 0.3) is 5.52 Å². The van der Waals surface area contributed by atoms with E-state index in [1.807, 2.05) is 0 Å². The lowest BCUT2D eigenvalue weighted by molar-refractivity contribution is -0.185. The number of halogens is 6. The van der Waals surface area contributed by atoms with Crippen molar-refractivity contribution in [3.05, 3.63) is 24.2 Å². The maximum atomic E-state index is 12.8. The molecule has 2 unspecified atom stereocenters. The summed E-state index contributed by atoms with van der Waals surface area (Å²) in [7, 11) is 0. The van der Waals surface area contributed by atoms with Gasteiger partial charge in [0.2, 0.25) is 0 Å². The van der Waals surface area contributed by atoms with Gasteiger partial charge in [-0.25, -0.2) is 9.50 Å². The number of alkyl halides is 6. The minimum atomic E-state index is -4.17. The van der Waals surface area contributed by atoms with Gasteiger partial charge in [0.15, 0.2) is 11.4 Å². The fourth-order valence-electron chi connectivity index (χ4n) is 6.59. The Morgan fingerprint density at radius 1 is 0.978 bits per heavy atom. The van der Waals surface area contributed by atoms with Gasteiger partial charge >= 0.3 is 24.3 Å². The molecule has 3 N–H and O–H groups in total. The summed E-state index contributed by atoms with van der Waals surface area (Å²) in [5, 5.41) is 22.5. The van der Waals surface area contributed by atoms with E-state index in [9.17, 15) is 41.2 Å². The highest BCUT2D eigenvalue weighted by molar-refractivity contribution is 5.69. The van der Waals surface area contributed by atoms with E-state index in [0.717, 1.165) is 0 Å². The Morgan fingerprint density at radius 2 is 1.54 bits per heavy atom. The van der Waals surface area contributed by atoms with E-state index in [4.69, 9.17) is 20.3 Å². The third-order valence-electron chi connectivity index (χ3n) is 9.23. The Labute approximate surface area is 261 Å². The molecule has 5 rings (SSSR count). The number of nitriles is 1. The minimum absolute atomic E-state index is 0.00454. The zero-order chi connectivity index (χ0) is 33.7. The monoisotopic (exact) mass is 661 g/mol. The van der Waals surface area contributed by atoms with Crippen LogP contribution in [0.15, 0.2) is 18.5 Å². The Bertz CT molecular complexity index is 1390. The third-order valence-corrected chi connectivity index (χ3v) is 9.23. The molecule has 0 amide bonds. The summed E-state index contributed by atoms with van der Waals surface area (Å²) in [6.45, 7) is -0.0133. The second kappa shape index (κ2) is 14.4. The van der Waals surface area contributed by atoms with Crippen LogP contribution < -0.4 is 5.73 Å². The molecule has 3 fully saturated rings. The second-order valence-corrected chi connectivity index (χ2v) is 12.4. The summed E-state index contributed by atoms with van der Waals surface area (Å²) in [5.74, 6) is -3.73. The van der Waals surface area contributed by atoms with Gasteiger partial charge < -0.3 is 20.3 Å². The van der Waals surface area contributed by atoms with Crippen molar-refractivity contribution in [2.75, 3.05) is 12.3 Å². The number of carboxylic acid groups (broad SMARTS) is 1. The largest absolute Gasteiger partial charge is 0.481 e. The Morgan fingerprint density at radius 3 is 2.07 bits per heavy atom. The predicted molar refractivity (Wildman–Crippen MR) is 150 cm³/mol. The van der Waals surface area contributed by atoms with Crippen molar-refractivity contribution < 1.29 is 50.5 Å². The summed E-state index contributed by atoms with van der Waals surface area (Å²) < 4.78 is 87.8. The van der Waals surface area contributed by atoms with Gasteiger partial charge in [0.25, 0.3) is 0 Å². The highest BCUT2D eigenvalue weighted by Gasteiger charge is 2.46. The highest BCUT2D eigenvalue weighted by atomic mass is 19.4. The van der Waals surface area contributed by atoms with Crippen molar-refractivity contribution in [1.29, 1.82) is 5.26 Å². The molecular weight excluding hydrogens is 624 g/mol. The number of anilines is 1. The van der Waals surface area contributed by atoms with Crippen molar-refractivity contribution in [3.63, 3.8) is 0 Å². The van der Waals surface area contributed by atoms with Crippen LogP contribution in [0.1, 0.15) is 82.7 Å². The molecule has 0 radical (unpaired) electrons. The maximum Gasteiger partial charge on any atom is 0.391 e. The average Bonchev–Trinajstić information content (AvgIpc) is 3.62. The van der Waals surface area contributed by atoms with Gasteiger partial charge in [-0.2, -0.15) is 36.7 Å². The van der Waals surface area contributed by atoms with Crippen molar-refractivity contribution in [2.45, 2.75) is 101 Å². The summed E-state index contributed by atoms with van der Waals surface area (Å²) in [6, 6.07) is 5.65. The topological polar surface area (TPSA) is 153 Å². The van der Waals surface area contributed by atoms with Crippen molar-refractivity contribution in [3.8, 4) is 6.07 Å². The quantitative estimate of drug-likeness (QED) is 0.256. The number of hydrogen-bond acceptors (Lipinski definition) is 8. The molecule has 2 aromatic heterocycles. The van der Waals surface area contributed by atoms with Gasteiger partial charge in [-0.3, -0.25) is 9.59 Å². The number of ether oxygens (including phenoxy) is 2. The van der Waals surface area contributed by atoms with Crippen LogP contribution in [0.2, 0.25) is 0 Å². The molecule has 2 saturated carbocycles. The van der Waals surface area contributed by atoms with Crippen LogP contribution in [-0.2, 0) is 24.7 Å². The number of aromatic nitrogens is 3. The SMILES string of the molecule is N#CC1(c2ccc3c(N)ncnn23)CCC(COC(=O)CC2CCC(C(F)(F)F)CC2)O1.O=C(O)CC1CCC(C(F)(F)F)CC1. The van der Waals surface area contributed by atoms with Crippen LogP contribution in [-0.4, -0.2) is 56.7 Å². The van der Waals surface area contributed by atoms with Crippen molar-refractivity contribution in [2.24, 2.45) is 23.7 Å². The summed E-state index contributed by atoms with van der Waals surface area (Å²) in [6.07, 6.45) is -4.66. The molecule has 254 valence electrons. The fraction of sp³-hybridized carbons (Fsp3) is 0.700. The molecule has 10 nitrogen and oxygen atoms in total. The number of nitrogens with zero attached hydrogens (tertiary/aromatic N) is 4. The molecule has 0 aromatic carbocycles. The van der Waals surface area contributed by atoms with Crippen LogP contribution in [0.5, 0.6) is 0 Å². The summed E-state index contributed by atoms with van der Waals surface area (Å²) in [5.41, 5.74) is 5.70. The van der Waals surface area contributed by atoms with Crippen LogP contribution in [0.4, 0.5) is 32.2 Å². The zero-order valence-corrected chi connectivity index (χ0v) is 25.0. The Balaban J connectivity index is 0.000000288. The molecule has 0 bridgehead atoms. The van der Waals surface area contributed by atoms with E-state index in [1.54, 1.807) is 12.1 Å². The van der Waals surface area contributed by atoms with Crippen molar-refractivity contribution in [1.82, 2.24) is 14.6 Å². The normalized spacial score (nSPS) is 28.6. The number of carbonyl (C=O) groups is 2. The zero-order valence-electron chi connectivity index (χ0n) is 25.0. The van der Waals surface area contributed by atoms with E-state index >= 15 is 0 Å². The molecule has 1 saturated heterocycles. The average molecular weight is 662 g/mol. The lowest BCUT2D eigenvalue weighted by Gasteiger charge is -2.29. The number of carboxylic acids is 1. The number of hydrogen-bond donors (Lipinski definition) is 2. The van der Waals surface area contributed by atoms with E-state index in [2.05, 4.69) is 16.2 Å². The second-order valence-electron chi connectivity index (χ2n) is 12.4. The van der Waals surface area contributed by atoms with E-state index in [0.29, 0.717) is 49.7 Å². The Kier molecular flexibility index (Phi) is 11.1. The maximum absolute atomic E-state index is 12.8. The first-order valence-electron chi connectivity index (χ1n) is 15.3. The van der Waals surface area contributed by atoms with Gasteiger partial charge in [0.1, 0.15) is 24.5 Å². The van der Waals surface area contributed by atoms with Crippen LogP contribution in [0.3, 0.4) is 0 Å². The lowest BCUT2D eigenvalue weighted by Crippen LogP contribution is -2.30. The van der Waals surface area contributed by atoms with E-state index in [-0.39, 0.29) is 62.8 Å². The number of nitrogens with two attached hydrogens (primary N) is 1. The molecule has 3 aliphatic rings. The molecule has 0 spiro atoms. The van der Waals surface area contributed by atoms with E-state index in [1.165, 1.54) is 10.8 Å². The number of fused-ring (bicyclic) bond motifs is 1. The molecule has 46 heavy (non-hydrogen) atoms. The van der Waals surface area contributed by atoms with Crippen LogP contribution in [0, 0.1) is 35.0 Å². The number of carbonyl (C=O) groups excluding carboxylic acids is 1. The summed E-state index contributed by atoms with van der Waals surface area (Å²) in [4.78, 5) is 26.5. The number of rotatable bonds is 7.